The SMILES string of the molecule is O=C(c1cc(Br)ccc1F)C1CCCOC1. The fourth-order valence-electron chi connectivity index (χ4n) is 1.85. The molecule has 1 aromatic carbocycles. The lowest BCUT2D eigenvalue weighted by molar-refractivity contribution is 0.0459. The third-order valence-electron chi connectivity index (χ3n) is 2.72. The topological polar surface area (TPSA) is 26.3 Å². The highest BCUT2D eigenvalue weighted by Gasteiger charge is 2.25. The number of hydrogen-bond acceptors (Lipinski definition) is 2. The first-order valence-electron chi connectivity index (χ1n) is 5.25. The first-order chi connectivity index (χ1) is 7.68. The van der Waals surface area contributed by atoms with Crippen LogP contribution in [-0.2, 0) is 4.74 Å². The van der Waals surface area contributed by atoms with E-state index in [1.165, 1.54) is 12.1 Å². The van der Waals surface area contributed by atoms with Crippen molar-refractivity contribution >= 4 is 21.7 Å². The Morgan fingerprint density at radius 3 is 3.00 bits per heavy atom. The van der Waals surface area contributed by atoms with Crippen LogP contribution >= 0.6 is 15.9 Å². The Labute approximate surface area is 102 Å². The lowest BCUT2D eigenvalue weighted by Gasteiger charge is -2.21. The summed E-state index contributed by atoms with van der Waals surface area (Å²) in [5.41, 5.74) is 0.157. The molecule has 2 nitrogen and oxygen atoms in total. The maximum absolute atomic E-state index is 13.5. The van der Waals surface area contributed by atoms with Gasteiger partial charge in [-0.2, -0.15) is 0 Å². The standard InChI is InChI=1S/C12H12BrFO2/c13-9-3-4-11(14)10(6-9)12(15)8-2-1-5-16-7-8/h3-4,6,8H,1-2,5,7H2. The van der Waals surface area contributed by atoms with Gasteiger partial charge in [0.25, 0.3) is 0 Å². The van der Waals surface area contributed by atoms with Crippen LogP contribution in [0.4, 0.5) is 4.39 Å². The van der Waals surface area contributed by atoms with E-state index in [9.17, 15) is 9.18 Å². The van der Waals surface area contributed by atoms with Crippen LogP contribution in [0.1, 0.15) is 23.2 Å². The van der Waals surface area contributed by atoms with E-state index in [0.29, 0.717) is 17.7 Å². The van der Waals surface area contributed by atoms with Crippen molar-refractivity contribution in [2.45, 2.75) is 12.8 Å². The molecule has 1 unspecified atom stereocenters. The predicted molar refractivity (Wildman–Crippen MR) is 62.0 cm³/mol. The number of halogens is 2. The Balaban J connectivity index is 2.22. The van der Waals surface area contributed by atoms with Crippen molar-refractivity contribution in [1.29, 1.82) is 0 Å². The van der Waals surface area contributed by atoms with Gasteiger partial charge in [0, 0.05) is 17.0 Å². The predicted octanol–water partition coefficient (Wildman–Crippen LogP) is 3.20. The first kappa shape index (κ1) is 11.7. The molecule has 0 saturated carbocycles. The summed E-state index contributed by atoms with van der Waals surface area (Å²) in [7, 11) is 0. The molecule has 1 saturated heterocycles. The molecule has 0 amide bonds. The van der Waals surface area contributed by atoms with Gasteiger partial charge in [-0.05, 0) is 31.0 Å². The lowest BCUT2D eigenvalue weighted by Crippen LogP contribution is -2.26. The maximum Gasteiger partial charge on any atom is 0.171 e. The van der Waals surface area contributed by atoms with E-state index in [-0.39, 0.29) is 17.3 Å². The van der Waals surface area contributed by atoms with Gasteiger partial charge < -0.3 is 4.74 Å². The van der Waals surface area contributed by atoms with Crippen LogP contribution in [0.15, 0.2) is 22.7 Å². The summed E-state index contributed by atoms with van der Waals surface area (Å²) in [6, 6.07) is 4.43. The molecule has 0 bridgehead atoms. The minimum absolute atomic E-state index is 0.154. The fourth-order valence-corrected chi connectivity index (χ4v) is 2.21. The van der Waals surface area contributed by atoms with E-state index >= 15 is 0 Å². The molecule has 1 atom stereocenters. The summed E-state index contributed by atoms with van der Waals surface area (Å²) < 4.78 is 19.4. The van der Waals surface area contributed by atoms with Gasteiger partial charge in [0.15, 0.2) is 5.78 Å². The molecule has 0 spiro atoms. The second-order valence-corrected chi connectivity index (χ2v) is 4.82. The summed E-state index contributed by atoms with van der Waals surface area (Å²) in [6.07, 6.45) is 1.65. The fraction of sp³-hybridized carbons (Fsp3) is 0.417. The Morgan fingerprint density at radius 1 is 1.50 bits per heavy atom. The summed E-state index contributed by atoms with van der Waals surface area (Å²) in [6.45, 7) is 1.11. The zero-order valence-corrected chi connectivity index (χ0v) is 10.3. The van der Waals surface area contributed by atoms with Gasteiger partial charge in [-0.15, -0.1) is 0 Å². The van der Waals surface area contributed by atoms with Crippen LogP contribution in [0.2, 0.25) is 0 Å². The van der Waals surface area contributed by atoms with E-state index in [1.54, 1.807) is 6.07 Å². The molecule has 0 N–H and O–H groups in total. The van der Waals surface area contributed by atoms with Crippen molar-refractivity contribution < 1.29 is 13.9 Å². The molecule has 16 heavy (non-hydrogen) atoms. The normalized spacial score (nSPS) is 20.8. The molecular formula is C12H12BrFO2. The summed E-state index contributed by atoms with van der Waals surface area (Å²) in [5.74, 6) is -0.810. The van der Waals surface area contributed by atoms with E-state index in [1.807, 2.05) is 0 Å². The summed E-state index contributed by atoms with van der Waals surface area (Å²) in [4.78, 5) is 12.0. The van der Waals surface area contributed by atoms with Crippen molar-refractivity contribution in [2.24, 2.45) is 5.92 Å². The second kappa shape index (κ2) is 5.06. The molecule has 1 aliphatic heterocycles. The Bertz CT molecular complexity index is 400. The number of hydrogen-bond donors (Lipinski definition) is 0. The highest BCUT2D eigenvalue weighted by molar-refractivity contribution is 9.10. The number of ether oxygens (including phenoxy) is 1. The first-order valence-corrected chi connectivity index (χ1v) is 6.05. The molecule has 1 heterocycles. The quantitative estimate of drug-likeness (QED) is 0.781. The van der Waals surface area contributed by atoms with Gasteiger partial charge in [0.1, 0.15) is 5.82 Å². The van der Waals surface area contributed by atoms with E-state index in [2.05, 4.69) is 15.9 Å². The Kier molecular flexibility index (Phi) is 3.71. The van der Waals surface area contributed by atoms with Crippen molar-refractivity contribution in [1.82, 2.24) is 0 Å². The molecule has 1 aromatic rings. The molecule has 4 heteroatoms. The van der Waals surface area contributed by atoms with Gasteiger partial charge in [-0.1, -0.05) is 15.9 Å². The van der Waals surface area contributed by atoms with E-state index in [4.69, 9.17) is 4.74 Å². The zero-order valence-electron chi connectivity index (χ0n) is 8.71. The number of carbonyl (C=O) groups is 1. The molecular weight excluding hydrogens is 275 g/mol. The highest BCUT2D eigenvalue weighted by atomic mass is 79.9. The minimum atomic E-state index is -0.459. The monoisotopic (exact) mass is 286 g/mol. The third kappa shape index (κ3) is 2.50. The maximum atomic E-state index is 13.5. The Morgan fingerprint density at radius 2 is 2.31 bits per heavy atom. The van der Waals surface area contributed by atoms with Crippen molar-refractivity contribution in [2.75, 3.05) is 13.2 Å². The van der Waals surface area contributed by atoms with E-state index in [0.717, 1.165) is 12.8 Å². The number of ketones is 1. The minimum Gasteiger partial charge on any atom is -0.381 e. The molecule has 0 radical (unpaired) electrons. The van der Waals surface area contributed by atoms with Crippen molar-refractivity contribution in [3.05, 3.63) is 34.1 Å². The summed E-state index contributed by atoms with van der Waals surface area (Å²) in [5, 5.41) is 0. The van der Waals surface area contributed by atoms with Crippen LogP contribution in [0.5, 0.6) is 0 Å². The van der Waals surface area contributed by atoms with Crippen molar-refractivity contribution in [3.63, 3.8) is 0 Å². The molecule has 1 aliphatic rings. The van der Waals surface area contributed by atoms with Crippen LogP contribution in [0.3, 0.4) is 0 Å². The lowest BCUT2D eigenvalue weighted by atomic mass is 9.92. The molecule has 0 aromatic heterocycles. The molecule has 0 aliphatic carbocycles. The average Bonchev–Trinajstić information content (AvgIpc) is 2.32. The van der Waals surface area contributed by atoms with Crippen LogP contribution in [0, 0.1) is 11.7 Å². The summed E-state index contributed by atoms with van der Waals surface area (Å²) >= 11 is 3.24. The van der Waals surface area contributed by atoms with Gasteiger partial charge in [0.05, 0.1) is 12.2 Å². The largest absolute Gasteiger partial charge is 0.381 e. The van der Waals surface area contributed by atoms with Crippen LogP contribution < -0.4 is 0 Å². The van der Waals surface area contributed by atoms with E-state index < -0.39 is 5.82 Å². The average molecular weight is 287 g/mol. The van der Waals surface area contributed by atoms with Gasteiger partial charge in [-0.25, -0.2) is 4.39 Å². The van der Waals surface area contributed by atoms with Crippen LogP contribution in [-0.4, -0.2) is 19.0 Å². The molecule has 2 rings (SSSR count). The van der Waals surface area contributed by atoms with Crippen LogP contribution in [0.25, 0.3) is 0 Å². The number of carbonyl (C=O) groups excluding carboxylic acids is 1. The zero-order chi connectivity index (χ0) is 11.5. The molecule has 1 fully saturated rings. The number of rotatable bonds is 2. The smallest absolute Gasteiger partial charge is 0.171 e. The third-order valence-corrected chi connectivity index (χ3v) is 3.22. The number of benzene rings is 1. The van der Waals surface area contributed by atoms with Crippen molar-refractivity contribution in [3.8, 4) is 0 Å². The molecule has 86 valence electrons. The highest BCUT2D eigenvalue weighted by Crippen LogP contribution is 2.23. The van der Waals surface area contributed by atoms with Gasteiger partial charge in [-0.3, -0.25) is 4.79 Å². The Hall–Kier alpha value is -0.740. The second-order valence-electron chi connectivity index (χ2n) is 3.90. The number of Topliss-reactive ketones (excluding diaryl/α,β-unsaturated/α-hetero) is 1. The van der Waals surface area contributed by atoms with Gasteiger partial charge in [0.2, 0.25) is 0 Å². The van der Waals surface area contributed by atoms with Gasteiger partial charge >= 0.3 is 0 Å².